The summed E-state index contributed by atoms with van der Waals surface area (Å²) in [4.78, 5) is 23.9. The zero-order valence-corrected chi connectivity index (χ0v) is 13.1. The Labute approximate surface area is 133 Å². The summed E-state index contributed by atoms with van der Waals surface area (Å²) >= 11 is 0. The maximum absolute atomic E-state index is 12.1. The van der Waals surface area contributed by atoms with Crippen molar-refractivity contribution in [1.82, 2.24) is 5.32 Å². The minimum absolute atomic E-state index is 0.171. The third-order valence-corrected chi connectivity index (χ3v) is 3.92. The second kappa shape index (κ2) is 6.08. The predicted molar refractivity (Wildman–Crippen MR) is 89.6 cm³/mol. The van der Waals surface area contributed by atoms with Gasteiger partial charge >= 0.3 is 5.63 Å². The lowest BCUT2D eigenvalue weighted by Gasteiger charge is -2.09. The molecule has 3 rings (SSSR count). The highest BCUT2D eigenvalue weighted by Gasteiger charge is 2.10. The molecule has 0 unspecified atom stereocenters. The second-order valence-electron chi connectivity index (χ2n) is 5.57. The highest BCUT2D eigenvalue weighted by Crippen LogP contribution is 2.21. The van der Waals surface area contributed by atoms with Crippen LogP contribution in [0.25, 0.3) is 11.0 Å². The molecule has 116 valence electrons. The average molecular weight is 307 g/mol. The van der Waals surface area contributed by atoms with Gasteiger partial charge in [-0.1, -0.05) is 18.2 Å². The SMILES string of the molecule is Cc1cc2oc(=O)cc(CNC(=O)c3ccccc3)c2cc1C. The Morgan fingerprint density at radius 3 is 2.48 bits per heavy atom. The topological polar surface area (TPSA) is 59.3 Å². The van der Waals surface area contributed by atoms with Crippen LogP contribution in [0, 0.1) is 13.8 Å². The number of nitrogens with one attached hydrogen (secondary N) is 1. The fraction of sp³-hybridized carbons (Fsp3) is 0.158. The number of benzene rings is 2. The van der Waals surface area contributed by atoms with Gasteiger partial charge in [0, 0.05) is 23.6 Å². The zero-order valence-electron chi connectivity index (χ0n) is 13.1. The van der Waals surface area contributed by atoms with Gasteiger partial charge in [0.2, 0.25) is 0 Å². The van der Waals surface area contributed by atoms with Crippen LogP contribution in [0.15, 0.2) is 57.7 Å². The maximum Gasteiger partial charge on any atom is 0.336 e. The summed E-state index contributed by atoms with van der Waals surface area (Å²) in [6, 6.07) is 14.3. The Balaban J connectivity index is 1.92. The molecule has 0 radical (unpaired) electrons. The van der Waals surface area contributed by atoms with E-state index in [1.54, 1.807) is 12.1 Å². The van der Waals surface area contributed by atoms with Crippen molar-refractivity contribution in [2.75, 3.05) is 0 Å². The van der Waals surface area contributed by atoms with E-state index in [0.717, 1.165) is 22.1 Å². The number of rotatable bonds is 3. The lowest BCUT2D eigenvalue weighted by atomic mass is 10.0. The van der Waals surface area contributed by atoms with Gasteiger partial charge in [-0.25, -0.2) is 4.79 Å². The molecule has 1 amide bonds. The lowest BCUT2D eigenvalue weighted by Crippen LogP contribution is -2.23. The number of hydrogen-bond acceptors (Lipinski definition) is 3. The van der Waals surface area contributed by atoms with Crippen molar-refractivity contribution in [2.45, 2.75) is 20.4 Å². The zero-order chi connectivity index (χ0) is 16.4. The number of hydrogen-bond donors (Lipinski definition) is 1. The van der Waals surface area contributed by atoms with Gasteiger partial charge in [0.1, 0.15) is 5.58 Å². The van der Waals surface area contributed by atoms with Crippen LogP contribution in [0.3, 0.4) is 0 Å². The molecule has 1 N–H and O–H groups in total. The van der Waals surface area contributed by atoms with Crippen molar-refractivity contribution >= 4 is 16.9 Å². The fourth-order valence-electron chi connectivity index (χ4n) is 2.50. The van der Waals surface area contributed by atoms with Crippen LogP contribution in [-0.2, 0) is 6.54 Å². The average Bonchev–Trinajstić information content (AvgIpc) is 2.55. The van der Waals surface area contributed by atoms with E-state index in [4.69, 9.17) is 4.42 Å². The van der Waals surface area contributed by atoms with E-state index in [-0.39, 0.29) is 12.5 Å². The van der Waals surface area contributed by atoms with Crippen LogP contribution in [-0.4, -0.2) is 5.91 Å². The molecule has 0 aliphatic heterocycles. The van der Waals surface area contributed by atoms with Crippen molar-refractivity contribution in [3.63, 3.8) is 0 Å². The van der Waals surface area contributed by atoms with Gasteiger partial charge < -0.3 is 9.73 Å². The van der Waals surface area contributed by atoms with Crippen LogP contribution in [0.4, 0.5) is 0 Å². The molecule has 0 atom stereocenters. The van der Waals surface area contributed by atoms with E-state index in [1.807, 2.05) is 44.2 Å². The monoisotopic (exact) mass is 307 g/mol. The first kappa shape index (κ1) is 15.0. The molecule has 3 aromatic rings. The van der Waals surface area contributed by atoms with Crippen molar-refractivity contribution in [2.24, 2.45) is 0 Å². The number of carbonyl (C=O) groups is 1. The highest BCUT2D eigenvalue weighted by atomic mass is 16.4. The third kappa shape index (κ3) is 3.16. The van der Waals surface area contributed by atoms with E-state index in [9.17, 15) is 9.59 Å². The Morgan fingerprint density at radius 2 is 1.74 bits per heavy atom. The van der Waals surface area contributed by atoms with Gasteiger partial charge in [-0.15, -0.1) is 0 Å². The minimum Gasteiger partial charge on any atom is -0.423 e. The number of aryl methyl sites for hydroxylation is 2. The van der Waals surface area contributed by atoms with E-state index in [2.05, 4.69) is 5.32 Å². The lowest BCUT2D eigenvalue weighted by molar-refractivity contribution is 0.0951. The Kier molecular flexibility index (Phi) is 3.98. The van der Waals surface area contributed by atoms with Gasteiger partial charge in [0.25, 0.3) is 5.91 Å². The first-order valence-electron chi connectivity index (χ1n) is 7.42. The molecule has 2 aromatic carbocycles. The fourth-order valence-corrected chi connectivity index (χ4v) is 2.50. The molecule has 0 bridgehead atoms. The van der Waals surface area contributed by atoms with Gasteiger partial charge in [-0.2, -0.15) is 0 Å². The first-order chi connectivity index (χ1) is 11.0. The van der Waals surface area contributed by atoms with Gasteiger partial charge in [-0.05, 0) is 54.8 Å². The standard InChI is InChI=1S/C19H17NO3/c1-12-8-16-15(10-18(21)23-17(16)9-13(12)2)11-20-19(22)14-6-4-3-5-7-14/h3-10H,11H2,1-2H3,(H,20,22). The van der Waals surface area contributed by atoms with Crippen LogP contribution in [0.5, 0.6) is 0 Å². The van der Waals surface area contributed by atoms with E-state index in [1.165, 1.54) is 6.07 Å². The normalized spacial score (nSPS) is 10.7. The molecule has 0 saturated carbocycles. The molecule has 4 heteroatoms. The molecule has 1 heterocycles. The Morgan fingerprint density at radius 1 is 1.04 bits per heavy atom. The number of fused-ring (bicyclic) bond motifs is 1. The Bertz CT molecular complexity index is 926. The van der Waals surface area contributed by atoms with Crippen molar-refractivity contribution in [3.8, 4) is 0 Å². The summed E-state index contributed by atoms with van der Waals surface area (Å²) < 4.78 is 5.26. The summed E-state index contributed by atoms with van der Waals surface area (Å²) in [5.41, 5.74) is 3.65. The smallest absolute Gasteiger partial charge is 0.336 e. The maximum atomic E-state index is 12.1. The van der Waals surface area contributed by atoms with Gasteiger partial charge in [0.15, 0.2) is 0 Å². The third-order valence-electron chi connectivity index (χ3n) is 3.92. The molecule has 0 spiro atoms. The summed E-state index contributed by atoms with van der Waals surface area (Å²) in [5.74, 6) is -0.171. The molecule has 23 heavy (non-hydrogen) atoms. The van der Waals surface area contributed by atoms with Crippen LogP contribution < -0.4 is 10.9 Å². The van der Waals surface area contributed by atoms with Crippen molar-refractivity contribution < 1.29 is 9.21 Å². The summed E-state index contributed by atoms with van der Waals surface area (Å²) in [6.45, 7) is 4.25. The van der Waals surface area contributed by atoms with Gasteiger partial charge in [0.05, 0.1) is 0 Å². The van der Waals surface area contributed by atoms with Crippen LogP contribution in [0.1, 0.15) is 27.0 Å². The first-order valence-corrected chi connectivity index (χ1v) is 7.42. The van der Waals surface area contributed by atoms with Crippen molar-refractivity contribution in [1.29, 1.82) is 0 Å². The summed E-state index contributed by atoms with van der Waals surface area (Å²) in [7, 11) is 0. The van der Waals surface area contributed by atoms with E-state index < -0.39 is 5.63 Å². The van der Waals surface area contributed by atoms with Crippen LogP contribution >= 0.6 is 0 Å². The highest BCUT2D eigenvalue weighted by molar-refractivity contribution is 5.94. The van der Waals surface area contributed by atoms with E-state index in [0.29, 0.717) is 11.1 Å². The molecule has 0 aliphatic rings. The summed E-state index contributed by atoms with van der Waals surface area (Å²) in [6.07, 6.45) is 0. The molecular weight excluding hydrogens is 290 g/mol. The Hall–Kier alpha value is -2.88. The van der Waals surface area contributed by atoms with E-state index >= 15 is 0 Å². The molecule has 4 nitrogen and oxygen atoms in total. The molecule has 0 fully saturated rings. The second-order valence-corrected chi connectivity index (χ2v) is 5.57. The van der Waals surface area contributed by atoms with Crippen molar-refractivity contribution in [3.05, 3.63) is 81.2 Å². The quantitative estimate of drug-likeness (QED) is 0.755. The minimum atomic E-state index is -0.412. The predicted octanol–water partition coefficient (Wildman–Crippen LogP) is 3.34. The van der Waals surface area contributed by atoms with Gasteiger partial charge in [-0.3, -0.25) is 4.79 Å². The van der Waals surface area contributed by atoms with Crippen LogP contribution in [0.2, 0.25) is 0 Å². The molecule has 1 aromatic heterocycles. The number of amides is 1. The largest absolute Gasteiger partial charge is 0.423 e. The molecule has 0 aliphatic carbocycles. The summed E-state index contributed by atoms with van der Waals surface area (Å²) in [5, 5.41) is 3.70. The molecule has 0 saturated heterocycles. The molecular formula is C19H17NO3. The number of carbonyl (C=O) groups excluding carboxylic acids is 1.